The first-order valence-corrected chi connectivity index (χ1v) is 7.82. The molecule has 1 heterocycles. The third-order valence-electron chi connectivity index (χ3n) is 4.18. The van der Waals surface area contributed by atoms with Crippen LogP contribution in [0.1, 0.15) is 19.8 Å². The van der Waals surface area contributed by atoms with Gasteiger partial charge >= 0.3 is 21.5 Å². The molecule has 1 N–H and O–H groups in total. The van der Waals surface area contributed by atoms with E-state index in [0.717, 1.165) is 0 Å². The molecule has 2 aliphatic rings. The molecular formula is C11H16F3NO4S. The second-order valence-electron chi connectivity index (χ2n) is 5.50. The van der Waals surface area contributed by atoms with Crippen LogP contribution in [0.25, 0.3) is 0 Å². The summed E-state index contributed by atoms with van der Waals surface area (Å²) in [5, 5.41) is 0. The van der Waals surface area contributed by atoms with Gasteiger partial charge in [-0.25, -0.2) is 13.1 Å². The predicted octanol–water partition coefficient (Wildman–Crippen LogP) is 1.26. The van der Waals surface area contributed by atoms with Crippen molar-refractivity contribution >= 4 is 16.0 Å². The van der Waals surface area contributed by atoms with Gasteiger partial charge in [-0.2, -0.15) is 13.2 Å². The van der Waals surface area contributed by atoms with E-state index < -0.39 is 15.5 Å². The molecule has 2 rings (SSSR count). The lowest BCUT2D eigenvalue weighted by Crippen LogP contribution is -2.39. The monoisotopic (exact) mass is 315 g/mol. The zero-order chi connectivity index (χ0) is 15.1. The molecule has 1 aliphatic heterocycles. The Balaban J connectivity index is 1.88. The summed E-state index contributed by atoms with van der Waals surface area (Å²) in [6.45, 7) is 1.78. The fourth-order valence-corrected chi connectivity index (χ4v) is 3.54. The molecule has 0 aromatic heterocycles. The van der Waals surface area contributed by atoms with Crippen LogP contribution in [0, 0.1) is 23.7 Å². The molecule has 2 fully saturated rings. The molecule has 0 spiro atoms. The summed E-state index contributed by atoms with van der Waals surface area (Å²) in [5.74, 6) is -0.532. The van der Waals surface area contributed by atoms with Gasteiger partial charge in [0, 0.05) is 12.5 Å². The maximum absolute atomic E-state index is 12.2. The van der Waals surface area contributed by atoms with Crippen LogP contribution in [-0.2, 0) is 19.6 Å². The highest BCUT2D eigenvalue weighted by atomic mass is 32.2. The molecule has 116 valence electrons. The van der Waals surface area contributed by atoms with Crippen molar-refractivity contribution in [1.82, 2.24) is 4.72 Å². The molecular weight excluding hydrogens is 299 g/mol. The van der Waals surface area contributed by atoms with Crippen LogP contribution in [-0.4, -0.2) is 33.0 Å². The van der Waals surface area contributed by atoms with E-state index in [1.165, 1.54) is 0 Å². The third-order valence-corrected chi connectivity index (χ3v) is 5.33. The number of hydrogen-bond acceptors (Lipinski definition) is 4. The van der Waals surface area contributed by atoms with Gasteiger partial charge in [-0.1, -0.05) is 6.92 Å². The maximum atomic E-state index is 12.2. The lowest BCUT2D eigenvalue weighted by atomic mass is 9.91. The van der Waals surface area contributed by atoms with Crippen LogP contribution in [0.3, 0.4) is 0 Å². The van der Waals surface area contributed by atoms with Crippen molar-refractivity contribution in [3.63, 3.8) is 0 Å². The van der Waals surface area contributed by atoms with Crippen LogP contribution in [0.4, 0.5) is 13.2 Å². The minimum Gasteiger partial charge on any atom is -0.465 e. The van der Waals surface area contributed by atoms with Crippen molar-refractivity contribution in [2.45, 2.75) is 25.3 Å². The van der Waals surface area contributed by atoms with E-state index in [9.17, 15) is 26.4 Å². The van der Waals surface area contributed by atoms with Gasteiger partial charge in [0.05, 0.1) is 12.5 Å². The summed E-state index contributed by atoms with van der Waals surface area (Å²) in [6, 6.07) is 0. The zero-order valence-electron chi connectivity index (χ0n) is 10.8. The second-order valence-corrected chi connectivity index (χ2v) is 7.26. The number of alkyl halides is 3. The minimum absolute atomic E-state index is 0.0359. The van der Waals surface area contributed by atoms with Gasteiger partial charge in [0.2, 0.25) is 0 Å². The van der Waals surface area contributed by atoms with Gasteiger partial charge in [0.25, 0.3) is 0 Å². The van der Waals surface area contributed by atoms with Crippen molar-refractivity contribution in [3.8, 4) is 0 Å². The van der Waals surface area contributed by atoms with Gasteiger partial charge in [-0.15, -0.1) is 0 Å². The number of carbonyl (C=O) groups excluding carboxylic acids is 1. The Kier molecular flexibility index (Phi) is 4.03. The molecule has 4 unspecified atom stereocenters. The molecule has 0 amide bonds. The number of hydrogen-bond donors (Lipinski definition) is 1. The summed E-state index contributed by atoms with van der Waals surface area (Å²) in [7, 11) is -5.29. The SMILES string of the molecule is CC(CNS(=O)(=O)C(F)(F)F)C1CC2COC(=O)C2C1. The van der Waals surface area contributed by atoms with E-state index in [1.807, 2.05) is 0 Å². The van der Waals surface area contributed by atoms with Crippen molar-refractivity contribution < 1.29 is 31.1 Å². The number of nitrogens with one attached hydrogen (secondary N) is 1. The Hall–Kier alpha value is -0.830. The van der Waals surface area contributed by atoms with E-state index in [0.29, 0.717) is 19.4 Å². The standard InChI is InChI=1S/C11H16F3NO4S/c1-6(4-15-20(17,18)11(12,13)14)7-2-8-5-19-10(16)9(8)3-7/h6-9,15H,2-5H2,1H3. The van der Waals surface area contributed by atoms with Crippen LogP contribution < -0.4 is 4.72 Å². The smallest absolute Gasteiger partial charge is 0.465 e. The number of esters is 1. The molecule has 5 nitrogen and oxygen atoms in total. The first-order valence-electron chi connectivity index (χ1n) is 6.34. The van der Waals surface area contributed by atoms with E-state index >= 15 is 0 Å². The number of sulfonamides is 1. The number of halogens is 3. The number of carbonyl (C=O) groups is 1. The largest absolute Gasteiger partial charge is 0.511 e. The van der Waals surface area contributed by atoms with Crippen molar-refractivity contribution in [2.24, 2.45) is 23.7 Å². The molecule has 1 aliphatic carbocycles. The Labute approximate surface area is 114 Å². The fourth-order valence-electron chi connectivity index (χ4n) is 2.89. The first kappa shape index (κ1) is 15.6. The van der Waals surface area contributed by atoms with Gasteiger partial charge in [0.15, 0.2) is 0 Å². The Morgan fingerprint density at radius 3 is 2.60 bits per heavy atom. The molecule has 9 heteroatoms. The normalized spacial score (nSPS) is 32.0. The van der Waals surface area contributed by atoms with Crippen LogP contribution in [0.5, 0.6) is 0 Å². The van der Waals surface area contributed by atoms with Crippen LogP contribution >= 0.6 is 0 Å². The molecule has 0 radical (unpaired) electrons. The van der Waals surface area contributed by atoms with E-state index in [-0.39, 0.29) is 36.2 Å². The molecule has 4 atom stereocenters. The summed E-state index contributed by atoms with van der Waals surface area (Å²) in [6.07, 6.45) is 1.24. The third kappa shape index (κ3) is 2.93. The molecule has 0 bridgehead atoms. The second kappa shape index (κ2) is 5.18. The fraction of sp³-hybridized carbons (Fsp3) is 0.909. The quantitative estimate of drug-likeness (QED) is 0.793. The van der Waals surface area contributed by atoms with Gasteiger partial charge in [-0.3, -0.25) is 4.79 Å². The minimum atomic E-state index is -5.29. The maximum Gasteiger partial charge on any atom is 0.511 e. The molecule has 20 heavy (non-hydrogen) atoms. The topological polar surface area (TPSA) is 72.5 Å². The summed E-state index contributed by atoms with van der Waals surface area (Å²) in [4.78, 5) is 11.4. The highest BCUT2D eigenvalue weighted by Gasteiger charge is 2.48. The number of rotatable bonds is 4. The molecule has 0 aromatic rings. The van der Waals surface area contributed by atoms with Crippen LogP contribution in [0.2, 0.25) is 0 Å². The number of fused-ring (bicyclic) bond motifs is 1. The van der Waals surface area contributed by atoms with Crippen molar-refractivity contribution in [1.29, 1.82) is 0 Å². The number of cyclic esters (lactones) is 1. The van der Waals surface area contributed by atoms with Crippen LogP contribution in [0.15, 0.2) is 0 Å². The zero-order valence-corrected chi connectivity index (χ0v) is 11.6. The lowest BCUT2D eigenvalue weighted by Gasteiger charge is -2.20. The molecule has 0 aromatic carbocycles. The van der Waals surface area contributed by atoms with Crippen molar-refractivity contribution in [3.05, 3.63) is 0 Å². The highest BCUT2D eigenvalue weighted by molar-refractivity contribution is 7.90. The Morgan fingerprint density at radius 1 is 1.40 bits per heavy atom. The highest BCUT2D eigenvalue weighted by Crippen LogP contribution is 2.44. The summed E-state index contributed by atoms with van der Waals surface area (Å²) < 4.78 is 64.9. The van der Waals surface area contributed by atoms with Crippen molar-refractivity contribution in [2.75, 3.05) is 13.2 Å². The summed E-state index contributed by atoms with van der Waals surface area (Å²) in [5.41, 5.74) is -5.29. The Morgan fingerprint density at radius 2 is 2.05 bits per heavy atom. The van der Waals surface area contributed by atoms with Gasteiger partial charge in [0.1, 0.15) is 0 Å². The van der Waals surface area contributed by atoms with Gasteiger partial charge < -0.3 is 4.74 Å². The Bertz CT molecular complexity index is 490. The summed E-state index contributed by atoms with van der Waals surface area (Å²) >= 11 is 0. The molecule has 1 saturated heterocycles. The van der Waals surface area contributed by atoms with E-state index in [2.05, 4.69) is 0 Å². The predicted molar refractivity (Wildman–Crippen MR) is 62.8 cm³/mol. The van der Waals surface area contributed by atoms with E-state index in [4.69, 9.17) is 4.74 Å². The lowest BCUT2D eigenvalue weighted by molar-refractivity contribution is -0.141. The average Bonchev–Trinajstić information content (AvgIpc) is 2.88. The van der Waals surface area contributed by atoms with Gasteiger partial charge in [-0.05, 0) is 24.7 Å². The first-order chi connectivity index (χ1) is 9.12. The van der Waals surface area contributed by atoms with E-state index in [1.54, 1.807) is 11.6 Å². The number of ether oxygens (including phenoxy) is 1. The average molecular weight is 315 g/mol. The molecule has 1 saturated carbocycles.